The van der Waals surface area contributed by atoms with Gasteiger partial charge in [-0.3, -0.25) is 4.79 Å². The Morgan fingerprint density at radius 1 is 1.68 bits per heavy atom. The fraction of sp³-hybridized carbons (Fsp3) is 0.417. The summed E-state index contributed by atoms with van der Waals surface area (Å²) in [5.41, 5.74) is 6.41. The summed E-state index contributed by atoms with van der Waals surface area (Å²) in [6.07, 6.45) is 1.85. The third-order valence-electron chi connectivity index (χ3n) is 2.80. The predicted octanol–water partition coefficient (Wildman–Crippen LogP) is 0.141. The van der Waals surface area contributed by atoms with Crippen LogP contribution in [0.2, 0.25) is 0 Å². The fourth-order valence-electron chi connectivity index (χ4n) is 1.88. The minimum Gasteiger partial charge on any atom is -0.462 e. The number of esters is 1. The van der Waals surface area contributed by atoms with Crippen LogP contribution in [0.5, 0.6) is 0 Å². The molecule has 0 bridgehead atoms. The number of nitrogens with one attached hydrogen (secondary N) is 2. The molecule has 2 rings (SSSR count). The minimum absolute atomic E-state index is 0.0161. The highest BCUT2D eigenvalue weighted by atomic mass is 16.5. The summed E-state index contributed by atoms with van der Waals surface area (Å²) in [6, 6.07) is 1.44. The lowest BCUT2D eigenvalue weighted by Crippen LogP contribution is -2.24. The number of amides is 1. The van der Waals surface area contributed by atoms with Crippen LogP contribution < -0.4 is 16.4 Å². The van der Waals surface area contributed by atoms with Gasteiger partial charge in [0.2, 0.25) is 5.91 Å². The molecule has 7 nitrogen and oxygen atoms in total. The van der Waals surface area contributed by atoms with Crippen molar-refractivity contribution in [1.29, 1.82) is 0 Å². The molecule has 0 aliphatic carbocycles. The lowest BCUT2D eigenvalue weighted by atomic mass is 10.2. The molecule has 1 aliphatic rings. The SMILES string of the molecule is CCOC(=O)c1ccnc(NC2CNC(=O)C2)c1N. The molecular weight excluding hydrogens is 248 g/mol. The van der Waals surface area contributed by atoms with E-state index >= 15 is 0 Å². The number of pyridine rings is 1. The minimum atomic E-state index is -0.480. The molecule has 1 fully saturated rings. The molecule has 0 aromatic carbocycles. The van der Waals surface area contributed by atoms with Gasteiger partial charge in [0.1, 0.15) is 5.82 Å². The first-order valence-electron chi connectivity index (χ1n) is 6.06. The van der Waals surface area contributed by atoms with Crippen LogP contribution in [0, 0.1) is 0 Å². The van der Waals surface area contributed by atoms with Crippen molar-refractivity contribution in [2.75, 3.05) is 24.2 Å². The first kappa shape index (κ1) is 13.1. The summed E-state index contributed by atoms with van der Waals surface area (Å²) in [6.45, 7) is 2.53. The van der Waals surface area contributed by atoms with Gasteiger partial charge in [-0.25, -0.2) is 9.78 Å². The molecule has 1 aromatic heterocycles. The van der Waals surface area contributed by atoms with Gasteiger partial charge in [0.15, 0.2) is 0 Å². The Morgan fingerprint density at radius 2 is 2.47 bits per heavy atom. The molecule has 7 heteroatoms. The van der Waals surface area contributed by atoms with Gasteiger partial charge >= 0.3 is 5.97 Å². The first-order chi connectivity index (χ1) is 9.11. The summed E-state index contributed by atoms with van der Waals surface area (Å²) in [5, 5.41) is 5.76. The number of nitrogens with zero attached hydrogens (tertiary/aromatic N) is 1. The van der Waals surface area contributed by atoms with Crippen molar-refractivity contribution in [2.24, 2.45) is 0 Å². The molecule has 1 atom stereocenters. The Bertz CT molecular complexity index is 504. The maximum Gasteiger partial charge on any atom is 0.340 e. The second-order valence-corrected chi connectivity index (χ2v) is 4.19. The highest BCUT2D eigenvalue weighted by Gasteiger charge is 2.23. The zero-order chi connectivity index (χ0) is 13.8. The van der Waals surface area contributed by atoms with Crippen LogP contribution in [0.25, 0.3) is 0 Å². The molecule has 0 spiro atoms. The molecule has 0 radical (unpaired) electrons. The lowest BCUT2D eigenvalue weighted by Gasteiger charge is -2.14. The molecule has 1 amide bonds. The van der Waals surface area contributed by atoms with Crippen molar-refractivity contribution in [3.63, 3.8) is 0 Å². The van der Waals surface area contributed by atoms with Crippen LogP contribution in [-0.2, 0) is 9.53 Å². The van der Waals surface area contributed by atoms with Crippen LogP contribution in [-0.4, -0.2) is 36.1 Å². The topological polar surface area (TPSA) is 106 Å². The number of hydrogen-bond donors (Lipinski definition) is 3. The molecule has 1 aromatic rings. The van der Waals surface area contributed by atoms with E-state index in [2.05, 4.69) is 15.6 Å². The summed E-state index contributed by atoms with van der Waals surface area (Å²) < 4.78 is 4.91. The number of nitrogen functional groups attached to an aromatic ring is 1. The van der Waals surface area contributed by atoms with E-state index in [1.54, 1.807) is 6.92 Å². The number of nitrogens with two attached hydrogens (primary N) is 1. The maximum atomic E-state index is 11.7. The van der Waals surface area contributed by atoms with E-state index < -0.39 is 5.97 Å². The lowest BCUT2D eigenvalue weighted by molar-refractivity contribution is -0.119. The molecule has 1 saturated heterocycles. The number of aromatic nitrogens is 1. The van der Waals surface area contributed by atoms with E-state index in [1.165, 1.54) is 12.3 Å². The Balaban J connectivity index is 2.15. The summed E-state index contributed by atoms with van der Waals surface area (Å²) in [7, 11) is 0. The van der Waals surface area contributed by atoms with Gasteiger partial charge in [-0.05, 0) is 13.0 Å². The van der Waals surface area contributed by atoms with Crippen molar-refractivity contribution in [3.05, 3.63) is 17.8 Å². The number of ether oxygens (including phenoxy) is 1. The number of carbonyl (C=O) groups is 2. The Kier molecular flexibility index (Phi) is 3.84. The van der Waals surface area contributed by atoms with Crippen molar-refractivity contribution in [2.45, 2.75) is 19.4 Å². The standard InChI is InChI=1S/C12H16N4O3/c1-2-19-12(18)8-3-4-14-11(10(8)13)16-7-5-9(17)15-6-7/h3-4,7H,2,5-6,13H2,1H3,(H,14,16)(H,15,17). The number of hydrogen-bond acceptors (Lipinski definition) is 6. The largest absolute Gasteiger partial charge is 0.462 e. The van der Waals surface area contributed by atoms with Crippen LogP contribution in [0.15, 0.2) is 12.3 Å². The van der Waals surface area contributed by atoms with Gasteiger partial charge in [0.05, 0.1) is 23.9 Å². The van der Waals surface area contributed by atoms with Crippen LogP contribution >= 0.6 is 0 Å². The van der Waals surface area contributed by atoms with E-state index in [1.807, 2.05) is 0 Å². The van der Waals surface area contributed by atoms with E-state index in [9.17, 15) is 9.59 Å². The van der Waals surface area contributed by atoms with E-state index in [0.29, 0.717) is 18.8 Å². The quantitative estimate of drug-likeness (QED) is 0.668. The fourth-order valence-corrected chi connectivity index (χ4v) is 1.88. The highest BCUT2D eigenvalue weighted by Crippen LogP contribution is 2.22. The van der Waals surface area contributed by atoms with Gasteiger partial charge in [-0.2, -0.15) is 0 Å². The van der Waals surface area contributed by atoms with Crippen molar-refractivity contribution in [1.82, 2.24) is 10.3 Å². The van der Waals surface area contributed by atoms with Gasteiger partial charge < -0.3 is 21.1 Å². The second-order valence-electron chi connectivity index (χ2n) is 4.19. The third-order valence-corrected chi connectivity index (χ3v) is 2.80. The zero-order valence-corrected chi connectivity index (χ0v) is 10.6. The molecule has 102 valence electrons. The van der Waals surface area contributed by atoms with Crippen molar-refractivity contribution < 1.29 is 14.3 Å². The smallest absolute Gasteiger partial charge is 0.340 e. The summed E-state index contributed by atoms with van der Waals surface area (Å²) in [5.74, 6) is -0.101. The molecule has 1 unspecified atom stereocenters. The molecule has 0 saturated carbocycles. The third kappa shape index (κ3) is 2.93. The van der Waals surface area contributed by atoms with Gasteiger partial charge in [0, 0.05) is 19.2 Å². The average molecular weight is 264 g/mol. The van der Waals surface area contributed by atoms with Crippen molar-refractivity contribution in [3.8, 4) is 0 Å². The molecule has 2 heterocycles. The van der Waals surface area contributed by atoms with Crippen molar-refractivity contribution >= 4 is 23.4 Å². The Hall–Kier alpha value is -2.31. The van der Waals surface area contributed by atoms with E-state index in [4.69, 9.17) is 10.5 Å². The maximum absolute atomic E-state index is 11.7. The van der Waals surface area contributed by atoms with Gasteiger partial charge in [-0.1, -0.05) is 0 Å². The number of carbonyl (C=O) groups excluding carboxylic acids is 2. The monoisotopic (exact) mass is 264 g/mol. The normalized spacial score (nSPS) is 17.9. The first-order valence-corrected chi connectivity index (χ1v) is 6.06. The molecule has 19 heavy (non-hydrogen) atoms. The Labute approximate surface area is 110 Å². The Morgan fingerprint density at radius 3 is 3.11 bits per heavy atom. The van der Waals surface area contributed by atoms with E-state index in [0.717, 1.165) is 0 Å². The zero-order valence-electron chi connectivity index (χ0n) is 10.6. The average Bonchev–Trinajstić information content (AvgIpc) is 2.78. The molecular formula is C12H16N4O3. The second kappa shape index (κ2) is 5.55. The number of anilines is 2. The molecule has 4 N–H and O–H groups in total. The van der Waals surface area contributed by atoms with Gasteiger partial charge in [0.25, 0.3) is 0 Å². The van der Waals surface area contributed by atoms with Gasteiger partial charge in [-0.15, -0.1) is 0 Å². The van der Waals surface area contributed by atoms with Crippen LogP contribution in [0.1, 0.15) is 23.7 Å². The number of rotatable bonds is 4. The van der Waals surface area contributed by atoms with E-state index in [-0.39, 0.29) is 29.8 Å². The predicted molar refractivity (Wildman–Crippen MR) is 69.6 cm³/mol. The summed E-state index contributed by atoms with van der Waals surface area (Å²) in [4.78, 5) is 26.9. The summed E-state index contributed by atoms with van der Waals surface area (Å²) >= 11 is 0. The van der Waals surface area contributed by atoms with Crippen LogP contribution in [0.3, 0.4) is 0 Å². The molecule has 1 aliphatic heterocycles. The highest BCUT2D eigenvalue weighted by molar-refractivity contribution is 5.97. The van der Waals surface area contributed by atoms with Crippen LogP contribution in [0.4, 0.5) is 11.5 Å².